The molecular weight excluding hydrogens is 249 g/mol. The SMILES string of the molecule is COCCN(CCO)Cc1ccc(F)cc1C(=N)N. The first-order valence-electron chi connectivity index (χ1n) is 6.03. The largest absolute Gasteiger partial charge is 0.395 e. The highest BCUT2D eigenvalue weighted by atomic mass is 19.1. The van der Waals surface area contributed by atoms with Gasteiger partial charge in [-0.25, -0.2) is 4.39 Å². The molecule has 106 valence electrons. The lowest BCUT2D eigenvalue weighted by atomic mass is 10.1. The highest BCUT2D eigenvalue weighted by Crippen LogP contribution is 2.13. The van der Waals surface area contributed by atoms with Gasteiger partial charge in [-0.15, -0.1) is 0 Å². The number of amidine groups is 1. The van der Waals surface area contributed by atoms with Crippen LogP contribution in [0.5, 0.6) is 0 Å². The Balaban J connectivity index is 2.85. The molecule has 0 aliphatic carbocycles. The second kappa shape index (κ2) is 7.83. The van der Waals surface area contributed by atoms with E-state index in [2.05, 4.69) is 0 Å². The number of halogens is 1. The van der Waals surface area contributed by atoms with E-state index in [1.54, 1.807) is 13.2 Å². The second-order valence-corrected chi connectivity index (χ2v) is 4.21. The summed E-state index contributed by atoms with van der Waals surface area (Å²) in [6.07, 6.45) is 0. The van der Waals surface area contributed by atoms with E-state index in [-0.39, 0.29) is 12.4 Å². The van der Waals surface area contributed by atoms with Crippen LogP contribution in [-0.4, -0.2) is 49.3 Å². The molecule has 4 N–H and O–H groups in total. The molecule has 0 saturated carbocycles. The van der Waals surface area contributed by atoms with Gasteiger partial charge in [0.1, 0.15) is 11.7 Å². The van der Waals surface area contributed by atoms with Crippen molar-refractivity contribution in [1.82, 2.24) is 4.90 Å². The molecule has 0 aliphatic heterocycles. The molecule has 5 nitrogen and oxygen atoms in total. The van der Waals surface area contributed by atoms with Gasteiger partial charge in [0, 0.05) is 32.3 Å². The predicted octanol–water partition coefficient (Wildman–Crippen LogP) is 0.550. The molecule has 0 radical (unpaired) electrons. The molecule has 0 amide bonds. The summed E-state index contributed by atoms with van der Waals surface area (Å²) in [6, 6.07) is 4.21. The van der Waals surface area contributed by atoms with Crippen molar-refractivity contribution in [2.24, 2.45) is 5.73 Å². The maximum absolute atomic E-state index is 13.2. The minimum atomic E-state index is -0.417. The number of hydrogen-bond donors (Lipinski definition) is 3. The van der Waals surface area contributed by atoms with E-state index in [4.69, 9.17) is 21.0 Å². The third-order valence-corrected chi connectivity index (χ3v) is 2.78. The van der Waals surface area contributed by atoms with Crippen LogP contribution in [0.15, 0.2) is 18.2 Å². The summed E-state index contributed by atoms with van der Waals surface area (Å²) in [5.41, 5.74) is 6.61. The molecular formula is C13H20FN3O2. The Morgan fingerprint density at radius 3 is 2.79 bits per heavy atom. The summed E-state index contributed by atoms with van der Waals surface area (Å²) in [6.45, 7) is 2.18. The Labute approximate surface area is 112 Å². The van der Waals surface area contributed by atoms with Crippen LogP contribution in [0.4, 0.5) is 4.39 Å². The fourth-order valence-electron chi connectivity index (χ4n) is 1.81. The summed E-state index contributed by atoms with van der Waals surface area (Å²) in [4.78, 5) is 1.96. The summed E-state index contributed by atoms with van der Waals surface area (Å²) in [5, 5.41) is 16.5. The van der Waals surface area contributed by atoms with Crippen LogP contribution in [0.3, 0.4) is 0 Å². The lowest BCUT2D eigenvalue weighted by Gasteiger charge is -2.22. The summed E-state index contributed by atoms with van der Waals surface area (Å²) in [7, 11) is 1.61. The molecule has 0 heterocycles. The number of hydrogen-bond acceptors (Lipinski definition) is 4. The van der Waals surface area contributed by atoms with Crippen molar-refractivity contribution in [2.45, 2.75) is 6.54 Å². The molecule has 0 unspecified atom stereocenters. The molecule has 0 spiro atoms. The average Bonchev–Trinajstić information content (AvgIpc) is 2.38. The third-order valence-electron chi connectivity index (χ3n) is 2.78. The van der Waals surface area contributed by atoms with Gasteiger partial charge >= 0.3 is 0 Å². The number of rotatable bonds is 8. The van der Waals surface area contributed by atoms with Crippen LogP contribution >= 0.6 is 0 Å². The molecule has 1 aromatic carbocycles. The van der Waals surface area contributed by atoms with Crippen LogP contribution in [0, 0.1) is 11.2 Å². The third kappa shape index (κ3) is 4.94. The summed E-state index contributed by atoms with van der Waals surface area (Å²) in [5.74, 6) is -0.579. The van der Waals surface area contributed by atoms with Crippen molar-refractivity contribution in [1.29, 1.82) is 5.41 Å². The van der Waals surface area contributed by atoms with Crippen molar-refractivity contribution < 1.29 is 14.2 Å². The topological polar surface area (TPSA) is 82.6 Å². The van der Waals surface area contributed by atoms with E-state index >= 15 is 0 Å². The smallest absolute Gasteiger partial charge is 0.123 e. The monoisotopic (exact) mass is 269 g/mol. The van der Waals surface area contributed by atoms with Crippen molar-refractivity contribution >= 4 is 5.84 Å². The Morgan fingerprint density at radius 2 is 2.21 bits per heavy atom. The number of benzene rings is 1. The summed E-state index contributed by atoms with van der Waals surface area (Å²) < 4.78 is 18.2. The zero-order chi connectivity index (χ0) is 14.3. The van der Waals surface area contributed by atoms with Gasteiger partial charge < -0.3 is 15.6 Å². The van der Waals surface area contributed by atoms with E-state index < -0.39 is 5.82 Å². The molecule has 1 rings (SSSR count). The van der Waals surface area contributed by atoms with Gasteiger partial charge in [0.2, 0.25) is 0 Å². The lowest BCUT2D eigenvalue weighted by Crippen LogP contribution is -2.31. The zero-order valence-electron chi connectivity index (χ0n) is 11.0. The second-order valence-electron chi connectivity index (χ2n) is 4.21. The number of ether oxygens (including phenoxy) is 1. The quantitative estimate of drug-likeness (QED) is 0.475. The number of aliphatic hydroxyl groups excluding tert-OH is 1. The number of aliphatic hydroxyl groups is 1. The lowest BCUT2D eigenvalue weighted by molar-refractivity contribution is 0.127. The molecule has 0 bridgehead atoms. The van der Waals surface area contributed by atoms with Crippen LogP contribution in [0.2, 0.25) is 0 Å². The van der Waals surface area contributed by atoms with Gasteiger partial charge in [-0.2, -0.15) is 0 Å². The van der Waals surface area contributed by atoms with Crippen LogP contribution in [0.25, 0.3) is 0 Å². The molecule has 19 heavy (non-hydrogen) atoms. The van der Waals surface area contributed by atoms with Crippen LogP contribution in [-0.2, 0) is 11.3 Å². The highest BCUT2D eigenvalue weighted by Gasteiger charge is 2.11. The number of nitrogens with one attached hydrogen (secondary N) is 1. The first-order valence-corrected chi connectivity index (χ1v) is 6.03. The van der Waals surface area contributed by atoms with E-state index in [0.29, 0.717) is 31.8 Å². The maximum atomic E-state index is 13.2. The van der Waals surface area contributed by atoms with Crippen molar-refractivity contribution in [2.75, 3.05) is 33.4 Å². The number of methoxy groups -OCH3 is 1. The molecule has 0 aliphatic rings. The first kappa shape index (κ1) is 15.6. The van der Waals surface area contributed by atoms with Gasteiger partial charge in [0.25, 0.3) is 0 Å². The first-order chi connectivity index (χ1) is 9.08. The van der Waals surface area contributed by atoms with E-state index in [9.17, 15) is 4.39 Å². The van der Waals surface area contributed by atoms with Crippen molar-refractivity contribution in [3.05, 3.63) is 35.1 Å². The Bertz CT molecular complexity index is 426. The van der Waals surface area contributed by atoms with Gasteiger partial charge in [0.05, 0.1) is 13.2 Å². The van der Waals surface area contributed by atoms with E-state index in [1.165, 1.54) is 12.1 Å². The van der Waals surface area contributed by atoms with E-state index in [1.807, 2.05) is 4.90 Å². The zero-order valence-corrected chi connectivity index (χ0v) is 11.0. The summed E-state index contributed by atoms with van der Waals surface area (Å²) >= 11 is 0. The number of nitrogen functional groups attached to an aromatic ring is 1. The normalized spacial score (nSPS) is 10.9. The van der Waals surface area contributed by atoms with Gasteiger partial charge in [0.15, 0.2) is 0 Å². The Morgan fingerprint density at radius 1 is 1.47 bits per heavy atom. The molecule has 0 aromatic heterocycles. The standard InChI is InChI=1S/C13H20FN3O2/c1-19-7-5-17(4-6-18)9-10-2-3-11(14)8-12(10)13(15)16/h2-3,8,18H,4-7,9H2,1H3,(H3,15,16). The van der Waals surface area contributed by atoms with Crippen LogP contribution < -0.4 is 5.73 Å². The fourth-order valence-corrected chi connectivity index (χ4v) is 1.81. The molecule has 6 heteroatoms. The number of nitrogens with two attached hydrogens (primary N) is 1. The molecule has 1 aromatic rings. The molecule has 0 fully saturated rings. The van der Waals surface area contributed by atoms with Crippen LogP contribution in [0.1, 0.15) is 11.1 Å². The minimum absolute atomic E-state index is 0.0281. The highest BCUT2D eigenvalue weighted by molar-refractivity contribution is 5.96. The Kier molecular flexibility index (Phi) is 6.41. The van der Waals surface area contributed by atoms with Crippen molar-refractivity contribution in [3.8, 4) is 0 Å². The molecule has 0 saturated heterocycles. The number of nitrogens with zero attached hydrogens (tertiary/aromatic N) is 1. The fraction of sp³-hybridized carbons (Fsp3) is 0.462. The average molecular weight is 269 g/mol. The molecule has 0 atom stereocenters. The maximum Gasteiger partial charge on any atom is 0.123 e. The van der Waals surface area contributed by atoms with Gasteiger partial charge in [-0.05, 0) is 17.7 Å². The van der Waals surface area contributed by atoms with Gasteiger partial charge in [-0.1, -0.05) is 6.07 Å². The van der Waals surface area contributed by atoms with Gasteiger partial charge in [-0.3, -0.25) is 10.3 Å². The Hall–Kier alpha value is -1.50. The minimum Gasteiger partial charge on any atom is -0.395 e. The van der Waals surface area contributed by atoms with Crippen molar-refractivity contribution in [3.63, 3.8) is 0 Å². The predicted molar refractivity (Wildman–Crippen MR) is 71.7 cm³/mol. The van der Waals surface area contributed by atoms with E-state index in [0.717, 1.165) is 5.56 Å².